The molecule has 3 unspecified atom stereocenters. The number of aryl methyl sites for hydroxylation is 1. The average Bonchev–Trinajstić information content (AvgIpc) is 2.88. The van der Waals surface area contributed by atoms with Crippen LogP contribution in [0.15, 0.2) is 12.1 Å². The van der Waals surface area contributed by atoms with Crippen molar-refractivity contribution in [3.63, 3.8) is 0 Å². The molecule has 1 aromatic carbocycles. The zero-order valence-electron chi connectivity index (χ0n) is 12.4. The third-order valence-electron chi connectivity index (χ3n) is 4.13. The lowest BCUT2D eigenvalue weighted by Gasteiger charge is -2.29. The third kappa shape index (κ3) is 3.01. The first kappa shape index (κ1) is 15.4. The van der Waals surface area contributed by atoms with Gasteiger partial charge in [0.1, 0.15) is 11.6 Å². The summed E-state index contributed by atoms with van der Waals surface area (Å²) in [6.07, 6.45) is 1.96. The predicted molar refractivity (Wildman–Crippen MR) is 75.7 cm³/mol. The van der Waals surface area contributed by atoms with Crippen LogP contribution in [0, 0.1) is 24.5 Å². The van der Waals surface area contributed by atoms with Crippen molar-refractivity contribution < 1.29 is 13.5 Å². The molecule has 0 aliphatic carbocycles. The molecule has 20 heavy (non-hydrogen) atoms. The summed E-state index contributed by atoms with van der Waals surface area (Å²) in [6, 6.07) is 2.50. The maximum Gasteiger partial charge on any atom is 0.130 e. The summed E-state index contributed by atoms with van der Waals surface area (Å²) in [5.74, 6) is -0.726. The molecule has 112 valence electrons. The van der Waals surface area contributed by atoms with Crippen molar-refractivity contribution >= 4 is 0 Å². The molecular formula is C16H23F2NO. The molecular weight excluding hydrogens is 260 g/mol. The number of hydrogen-bond donors (Lipinski definition) is 1. The average molecular weight is 283 g/mol. The summed E-state index contributed by atoms with van der Waals surface area (Å²) in [7, 11) is 0. The van der Waals surface area contributed by atoms with Gasteiger partial charge in [-0.1, -0.05) is 13.8 Å². The smallest absolute Gasteiger partial charge is 0.130 e. The van der Waals surface area contributed by atoms with Gasteiger partial charge in [0.15, 0.2) is 0 Å². The van der Waals surface area contributed by atoms with Crippen molar-refractivity contribution in [1.82, 2.24) is 5.32 Å². The van der Waals surface area contributed by atoms with Gasteiger partial charge in [-0.3, -0.25) is 0 Å². The second kappa shape index (κ2) is 6.64. The highest BCUT2D eigenvalue weighted by Gasteiger charge is 2.35. The fraction of sp³-hybridized carbons (Fsp3) is 0.625. The molecule has 0 radical (unpaired) electrons. The molecule has 3 atom stereocenters. The SMILES string of the molecule is CCNC(c1cc(C)c(F)cc1F)C1CCOC1CC. The molecule has 1 aliphatic heterocycles. The van der Waals surface area contributed by atoms with E-state index in [9.17, 15) is 8.78 Å². The molecule has 0 saturated carbocycles. The quantitative estimate of drug-likeness (QED) is 0.889. The number of rotatable bonds is 5. The van der Waals surface area contributed by atoms with E-state index in [0.717, 1.165) is 25.5 Å². The maximum absolute atomic E-state index is 14.2. The Balaban J connectivity index is 2.35. The van der Waals surface area contributed by atoms with E-state index in [1.807, 2.05) is 6.92 Å². The van der Waals surface area contributed by atoms with Crippen LogP contribution in [0.3, 0.4) is 0 Å². The minimum absolute atomic E-state index is 0.119. The van der Waals surface area contributed by atoms with E-state index >= 15 is 0 Å². The van der Waals surface area contributed by atoms with Crippen LogP contribution in [0.2, 0.25) is 0 Å². The summed E-state index contributed by atoms with van der Waals surface area (Å²) in [5.41, 5.74) is 1.04. The molecule has 4 heteroatoms. The van der Waals surface area contributed by atoms with Gasteiger partial charge in [0, 0.05) is 30.2 Å². The Kier molecular flexibility index (Phi) is 5.11. The zero-order chi connectivity index (χ0) is 14.7. The van der Waals surface area contributed by atoms with Gasteiger partial charge < -0.3 is 10.1 Å². The molecule has 1 aromatic rings. The number of halogens is 2. The fourth-order valence-corrected chi connectivity index (χ4v) is 3.10. The van der Waals surface area contributed by atoms with Crippen LogP contribution in [0.1, 0.15) is 43.9 Å². The summed E-state index contributed by atoms with van der Waals surface area (Å²) < 4.78 is 33.3. The van der Waals surface area contributed by atoms with E-state index in [4.69, 9.17) is 4.74 Å². The van der Waals surface area contributed by atoms with Gasteiger partial charge in [-0.25, -0.2) is 8.78 Å². The molecule has 1 aliphatic rings. The Labute approximate surface area is 119 Å². The van der Waals surface area contributed by atoms with Crippen LogP contribution in [0.4, 0.5) is 8.78 Å². The van der Waals surface area contributed by atoms with Gasteiger partial charge in [-0.2, -0.15) is 0 Å². The number of ether oxygens (including phenoxy) is 1. The van der Waals surface area contributed by atoms with Crippen molar-refractivity contribution in [3.05, 3.63) is 34.9 Å². The molecule has 1 N–H and O–H groups in total. The molecule has 2 nitrogen and oxygen atoms in total. The molecule has 0 amide bonds. The van der Waals surface area contributed by atoms with Crippen LogP contribution in [-0.4, -0.2) is 19.3 Å². The molecule has 2 rings (SSSR count). The number of nitrogens with one attached hydrogen (secondary N) is 1. The molecule has 1 saturated heterocycles. The Morgan fingerprint density at radius 2 is 2.05 bits per heavy atom. The van der Waals surface area contributed by atoms with E-state index in [2.05, 4.69) is 12.2 Å². The van der Waals surface area contributed by atoms with Crippen LogP contribution >= 0.6 is 0 Å². The van der Waals surface area contributed by atoms with E-state index in [1.54, 1.807) is 13.0 Å². The first-order valence-corrected chi connectivity index (χ1v) is 7.39. The van der Waals surface area contributed by atoms with E-state index in [0.29, 0.717) is 17.7 Å². The molecule has 0 spiro atoms. The van der Waals surface area contributed by atoms with Crippen LogP contribution in [0.5, 0.6) is 0 Å². The van der Waals surface area contributed by atoms with Crippen molar-refractivity contribution in [2.24, 2.45) is 5.92 Å². The highest BCUT2D eigenvalue weighted by molar-refractivity contribution is 5.29. The van der Waals surface area contributed by atoms with E-state index < -0.39 is 11.6 Å². The molecule has 0 aromatic heterocycles. The minimum atomic E-state index is -0.490. The first-order valence-electron chi connectivity index (χ1n) is 7.39. The number of hydrogen-bond acceptors (Lipinski definition) is 2. The van der Waals surface area contributed by atoms with E-state index in [-0.39, 0.29) is 18.1 Å². The Morgan fingerprint density at radius 1 is 1.30 bits per heavy atom. The minimum Gasteiger partial charge on any atom is -0.378 e. The summed E-state index contributed by atoms with van der Waals surface area (Å²) >= 11 is 0. The van der Waals surface area contributed by atoms with E-state index in [1.165, 1.54) is 0 Å². The highest BCUT2D eigenvalue weighted by atomic mass is 19.1. The number of benzene rings is 1. The third-order valence-corrected chi connectivity index (χ3v) is 4.13. The van der Waals surface area contributed by atoms with Crippen molar-refractivity contribution in [2.45, 2.75) is 45.8 Å². The lowest BCUT2D eigenvalue weighted by Crippen LogP contribution is -2.33. The van der Waals surface area contributed by atoms with Crippen molar-refractivity contribution in [2.75, 3.05) is 13.2 Å². The zero-order valence-corrected chi connectivity index (χ0v) is 12.4. The first-order chi connectivity index (χ1) is 9.58. The second-order valence-corrected chi connectivity index (χ2v) is 5.43. The largest absolute Gasteiger partial charge is 0.378 e. The Morgan fingerprint density at radius 3 is 2.70 bits per heavy atom. The van der Waals surface area contributed by atoms with Gasteiger partial charge in [0.25, 0.3) is 0 Å². The summed E-state index contributed by atoms with van der Waals surface area (Å²) in [4.78, 5) is 0. The lowest BCUT2D eigenvalue weighted by atomic mass is 9.86. The topological polar surface area (TPSA) is 21.3 Å². The molecule has 0 bridgehead atoms. The Bertz CT molecular complexity index is 464. The van der Waals surface area contributed by atoms with Crippen LogP contribution in [-0.2, 0) is 4.74 Å². The van der Waals surface area contributed by atoms with Gasteiger partial charge >= 0.3 is 0 Å². The van der Waals surface area contributed by atoms with Gasteiger partial charge in [0.2, 0.25) is 0 Å². The van der Waals surface area contributed by atoms with Gasteiger partial charge in [-0.05, 0) is 37.9 Å². The predicted octanol–water partition coefficient (Wildman–Crippen LogP) is 3.74. The van der Waals surface area contributed by atoms with Crippen molar-refractivity contribution in [3.8, 4) is 0 Å². The highest BCUT2D eigenvalue weighted by Crippen LogP contribution is 2.36. The normalized spacial score (nSPS) is 24.1. The Hall–Kier alpha value is -1.00. The summed E-state index contributed by atoms with van der Waals surface area (Å²) in [6.45, 7) is 7.21. The monoisotopic (exact) mass is 283 g/mol. The van der Waals surface area contributed by atoms with Crippen LogP contribution in [0.25, 0.3) is 0 Å². The van der Waals surface area contributed by atoms with Gasteiger partial charge in [0.05, 0.1) is 6.10 Å². The van der Waals surface area contributed by atoms with Crippen molar-refractivity contribution in [1.29, 1.82) is 0 Å². The standard InChI is InChI=1S/C16H23F2NO/c1-4-15-11(6-7-20-15)16(19-5-2)12-8-10(3)13(17)9-14(12)18/h8-9,11,15-16,19H,4-7H2,1-3H3. The molecule has 1 fully saturated rings. The second-order valence-electron chi connectivity index (χ2n) is 5.43. The van der Waals surface area contributed by atoms with Crippen LogP contribution < -0.4 is 5.32 Å². The molecule has 1 heterocycles. The maximum atomic E-state index is 14.2. The van der Waals surface area contributed by atoms with Gasteiger partial charge in [-0.15, -0.1) is 0 Å². The summed E-state index contributed by atoms with van der Waals surface area (Å²) in [5, 5.41) is 3.35. The fourth-order valence-electron chi connectivity index (χ4n) is 3.10. The lowest BCUT2D eigenvalue weighted by molar-refractivity contribution is 0.0772.